The molecule has 0 fully saturated rings. The lowest BCUT2D eigenvalue weighted by Crippen LogP contribution is -2.10. The van der Waals surface area contributed by atoms with Crippen molar-refractivity contribution in [3.05, 3.63) is 187 Å². The molecule has 0 atom stereocenters. The van der Waals surface area contributed by atoms with E-state index in [9.17, 15) is 0 Å². The van der Waals surface area contributed by atoms with E-state index in [2.05, 4.69) is 181 Å². The summed E-state index contributed by atoms with van der Waals surface area (Å²) in [6, 6.07) is 64.2. The number of rotatable bonds is 5. The van der Waals surface area contributed by atoms with Crippen LogP contribution in [0.25, 0.3) is 54.9 Å². The average molecular weight is 600 g/mol. The summed E-state index contributed by atoms with van der Waals surface area (Å²) >= 11 is 0. The molecule has 0 aliphatic heterocycles. The van der Waals surface area contributed by atoms with E-state index in [-0.39, 0.29) is 0 Å². The zero-order valence-electron chi connectivity index (χ0n) is 26.1. The van der Waals surface area contributed by atoms with Crippen LogP contribution in [0.5, 0.6) is 0 Å². The van der Waals surface area contributed by atoms with Crippen LogP contribution in [0, 0.1) is 0 Å². The van der Waals surface area contributed by atoms with Crippen molar-refractivity contribution in [3.63, 3.8) is 0 Å². The average Bonchev–Trinajstić information content (AvgIpc) is 3.15. The van der Waals surface area contributed by atoms with Gasteiger partial charge in [0.25, 0.3) is 0 Å². The molecule has 1 aliphatic carbocycles. The molecule has 0 spiro atoms. The van der Waals surface area contributed by atoms with E-state index >= 15 is 0 Å². The second kappa shape index (κ2) is 11.5. The van der Waals surface area contributed by atoms with Crippen molar-refractivity contribution in [2.75, 3.05) is 4.90 Å². The molecule has 1 heteroatoms. The van der Waals surface area contributed by atoms with Gasteiger partial charge < -0.3 is 4.90 Å². The van der Waals surface area contributed by atoms with Gasteiger partial charge in [-0.15, -0.1) is 0 Å². The summed E-state index contributed by atoms with van der Waals surface area (Å²) < 4.78 is 0. The Balaban J connectivity index is 1.14. The van der Waals surface area contributed by atoms with Crippen LogP contribution in [0.2, 0.25) is 0 Å². The largest absolute Gasteiger partial charge is 0.310 e. The first-order valence-electron chi connectivity index (χ1n) is 16.5. The Hall–Kier alpha value is -5.92. The molecule has 0 N–H and O–H groups in total. The van der Waals surface area contributed by atoms with Gasteiger partial charge in [0.05, 0.1) is 0 Å². The van der Waals surface area contributed by atoms with E-state index < -0.39 is 0 Å². The normalized spacial score (nSPS) is 12.1. The van der Waals surface area contributed by atoms with Crippen LogP contribution in [0.4, 0.5) is 17.1 Å². The zero-order valence-corrected chi connectivity index (χ0v) is 26.1. The summed E-state index contributed by atoms with van der Waals surface area (Å²) in [7, 11) is 0. The van der Waals surface area contributed by atoms with E-state index in [0.717, 1.165) is 29.9 Å². The molecular weight excluding hydrogens is 567 g/mol. The first kappa shape index (κ1) is 27.4. The van der Waals surface area contributed by atoms with Gasteiger partial charge in [-0.3, -0.25) is 0 Å². The van der Waals surface area contributed by atoms with Gasteiger partial charge in [0, 0.05) is 17.1 Å². The molecule has 0 heterocycles. The molecule has 1 nitrogen and oxygen atoms in total. The Morgan fingerprint density at radius 1 is 0.362 bits per heavy atom. The van der Waals surface area contributed by atoms with E-state index in [1.54, 1.807) is 0 Å². The fourth-order valence-corrected chi connectivity index (χ4v) is 7.57. The van der Waals surface area contributed by atoms with E-state index in [4.69, 9.17) is 0 Å². The number of fused-ring (bicyclic) bond motifs is 6. The molecule has 9 rings (SSSR count). The lowest BCUT2D eigenvalue weighted by atomic mass is 9.80. The second-order valence-corrected chi connectivity index (χ2v) is 12.4. The van der Waals surface area contributed by atoms with Crippen molar-refractivity contribution in [2.24, 2.45) is 0 Å². The molecule has 0 aromatic heterocycles. The van der Waals surface area contributed by atoms with E-state index in [0.29, 0.717) is 0 Å². The minimum Gasteiger partial charge on any atom is -0.310 e. The number of hydrogen-bond donors (Lipinski definition) is 0. The number of aryl methyl sites for hydroxylation is 1. The summed E-state index contributed by atoms with van der Waals surface area (Å²) in [5.41, 5.74) is 14.1. The van der Waals surface area contributed by atoms with Gasteiger partial charge >= 0.3 is 0 Å². The fourth-order valence-electron chi connectivity index (χ4n) is 7.57. The molecule has 0 unspecified atom stereocenters. The van der Waals surface area contributed by atoms with Crippen molar-refractivity contribution >= 4 is 38.6 Å². The summed E-state index contributed by atoms with van der Waals surface area (Å²) in [5, 5.41) is 5.18. The van der Waals surface area contributed by atoms with Crippen LogP contribution in [0.1, 0.15) is 11.1 Å². The smallest absolute Gasteiger partial charge is 0.0467 e. The fraction of sp³-hybridized carbons (Fsp3) is 0.0435. The molecule has 8 aromatic rings. The monoisotopic (exact) mass is 599 g/mol. The maximum absolute atomic E-state index is 2.37. The Morgan fingerprint density at radius 2 is 0.979 bits per heavy atom. The molecule has 222 valence electrons. The SMILES string of the molecule is c1ccc(N(c2ccc(-c3cccc4ccccc34)cc2)c2cccc(-c3cccc4c3CCc3ccc5ccccc5c3-4)c2)cc1. The number of hydrogen-bond acceptors (Lipinski definition) is 1. The quantitative estimate of drug-likeness (QED) is 0.190. The van der Waals surface area contributed by atoms with Gasteiger partial charge in [0.1, 0.15) is 0 Å². The number of benzene rings is 8. The van der Waals surface area contributed by atoms with Crippen molar-refractivity contribution in [3.8, 4) is 33.4 Å². The van der Waals surface area contributed by atoms with Gasteiger partial charge in [-0.05, 0) is 115 Å². The highest BCUT2D eigenvalue weighted by molar-refractivity contribution is 6.01. The summed E-state index contributed by atoms with van der Waals surface area (Å²) in [4.78, 5) is 2.37. The Kier molecular flexibility index (Phi) is 6.68. The third kappa shape index (κ3) is 4.80. The lowest BCUT2D eigenvalue weighted by Gasteiger charge is -2.27. The molecule has 1 aliphatic rings. The van der Waals surface area contributed by atoms with Gasteiger partial charge in [-0.2, -0.15) is 0 Å². The molecular formula is C46H33N. The van der Waals surface area contributed by atoms with Gasteiger partial charge in [0.2, 0.25) is 0 Å². The summed E-state index contributed by atoms with van der Waals surface area (Å²) in [6.45, 7) is 0. The highest BCUT2D eigenvalue weighted by Crippen LogP contribution is 2.44. The molecule has 0 radical (unpaired) electrons. The van der Waals surface area contributed by atoms with Crippen LogP contribution in [-0.4, -0.2) is 0 Å². The summed E-state index contributed by atoms with van der Waals surface area (Å²) in [6.07, 6.45) is 2.10. The van der Waals surface area contributed by atoms with E-state index in [1.165, 1.54) is 66.1 Å². The highest BCUT2D eigenvalue weighted by Gasteiger charge is 2.22. The van der Waals surface area contributed by atoms with Crippen molar-refractivity contribution in [1.82, 2.24) is 0 Å². The second-order valence-electron chi connectivity index (χ2n) is 12.4. The standard InChI is InChI=1S/C46H33N/c1-2-15-37(16-3-1)47(38-28-25-34(26-29-38)41-20-9-13-32-11-4-6-18-40(32)41)39-17-8-14-36(31-39)42-21-10-22-45-44(42)30-27-35-24-23-33-12-5-7-19-43(33)46(35)45/h1-26,28-29,31H,27,30H2. The molecule has 8 aromatic carbocycles. The van der Waals surface area contributed by atoms with Crippen LogP contribution in [0.15, 0.2) is 176 Å². The first-order valence-corrected chi connectivity index (χ1v) is 16.5. The third-order valence-electron chi connectivity index (χ3n) is 9.76. The molecule has 0 amide bonds. The van der Waals surface area contributed by atoms with Crippen LogP contribution in [-0.2, 0) is 12.8 Å². The predicted octanol–water partition coefficient (Wildman–Crippen LogP) is 12.6. The Labute approximate surface area is 276 Å². The molecule has 47 heavy (non-hydrogen) atoms. The number of nitrogens with zero attached hydrogens (tertiary/aromatic N) is 1. The zero-order chi connectivity index (χ0) is 31.2. The minimum absolute atomic E-state index is 1.04. The molecule has 0 bridgehead atoms. The molecule has 0 saturated heterocycles. The van der Waals surface area contributed by atoms with Gasteiger partial charge in [0.15, 0.2) is 0 Å². The molecule has 0 saturated carbocycles. The maximum Gasteiger partial charge on any atom is 0.0467 e. The third-order valence-corrected chi connectivity index (χ3v) is 9.76. The topological polar surface area (TPSA) is 3.24 Å². The maximum atomic E-state index is 2.37. The van der Waals surface area contributed by atoms with Crippen LogP contribution < -0.4 is 4.90 Å². The first-order chi connectivity index (χ1) is 23.3. The van der Waals surface area contributed by atoms with E-state index in [1.807, 2.05) is 0 Å². The van der Waals surface area contributed by atoms with Crippen molar-refractivity contribution in [1.29, 1.82) is 0 Å². The predicted molar refractivity (Wildman–Crippen MR) is 200 cm³/mol. The lowest BCUT2D eigenvalue weighted by molar-refractivity contribution is 0.947. The highest BCUT2D eigenvalue weighted by atomic mass is 15.1. The Bertz CT molecular complexity index is 2400. The Morgan fingerprint density at radius 3 is 1.83 bits per heavy atom. The summed E-state index contributed by atoms with van der Waals surface area (Å²) in [5.74, 6) is 0. The van der Waals surface area contributed by atoms with Crippen LogP contribution >= 0.6 is 0 Å². The number of para-hydroxylation sites is 1. The van der Waals surface area contributed by atoms with Crippen molar-refractivity contribution < 1.29 is 0 Å². The van der Waals surface area contributed by atoms with Crippen LogP contribution in [0.3, 0.4) is 0 Å². The van der Waals surface area contributed by atoms with Gasteiger partial charge in [-0.1, -0.05) is 140 Å². The number of anilines is 3. The van der Waals surface area contributed by atoms with Gasteiger partial charge in [-0.25, -0.2) is 0 Å². The van der Waals surface area contributed by atoms with Crippen molar-refractivity contribution in [2.45, 2.75) is 12.8 Å². The minimum atomic E-state index is 1.04.